The van der Waals surface area contributed by atoms with E-state index < -0.39 is 0 Å². The fraction of sp³-hybridized carbons (Fsp3) is 0.320. The van der Waals surface area contributed by atoms with Gasteiger partial charge >= 0.3 is 0 Å². The molecule has 0 radical (unpaired) electrons. The van der Waals surface area contributed by atoms with Crippen LogP contribution in [-0.4, -0.2) is 31.0 Å². The van der Waals surface area contributed by atoms with Crippen LogP contribution in [0.2, 0.25) is 0 Å². The fourth-order valence-electron chi connectivity index (χ4n) is 3.50. The molecule has 0 fully saturated rings. The number of pyridine rings is 1. The molecule has 6 heteroatoms. The van der Waals surface area contributed by atoms with Gasteiger partial charge in [-0.2, -0.15) is 0 Å². The molecule has 0 saturated heterocycles. The van der Waals surface area contributed by atoms with E-state index in [4.69, 9.17) is 18.9 Å². The van der Waals surface area contributed by atoms with Gasteiger partial charge in [0.2, 0.25) is 0 Å². The van der Waals surface area contributed by atoms with Crippen LogP contribution < -0.4 is 15.0 Å². The molecule has 0 N–H and O–H groups in total. The van der Waals surface area contributed by atoms with E-state index in [0.717, 1.165) is 12.1 Å². The van der Waals surface area contributed by atoms with Crippen molar-refractivity contribution in [1.29, 1.82) is 0 Å². The average molecular weight is 421 g/mol. The standard InChI is InChI=1S/C25H27NO5/c27-25-21-10-11-22(26(25)13-12-20-6-2-1-3-7-20)19-29-15-17-31-24-9-5-4-8-23(24)30-16-14-28-18-21/h1-11H,12-19H2. The Morgan fingerprint density at radius 1 is 0.710 bits per heavy atom. The minimum absolute atomic E-state index is 0.0355. The third-order valence-electron chi connectivity index (χ3n) is 5.14. The van der Waals surface area contributed by atoms with E-state index in [1.807, 2.05) is 54.6 Å². The summed E-state index contributed by atoms with van der Waals surface area (Å²) in [6.45, 7) is 2.72. The number of rotatable bonds is 3. The van der Waals surface area contributed by atoms with Crippen molar-refractivity contribution < 1.29 is 18.9 Å². The molecule has 31 heavy (non-hydrogen) atoms. The Morgan fingerprint density at radius 3 is 2.06 bits per heavy atom. The van der Waals surface area contributed by atoms with E-state index in [2.05, 4.69) is 12.1 Å². The quantitative estimate of drug-likeness (QED) is 0.647. The van der Waals surface area contributed by atoms with E-state index >= 15 is 0 Å². The van der Waals surface area contributed by atoms with Gasteiger partial charge in [-0.05, 0) is 36.2 Å². The molecule has 0 saturated carbocycles. The second kappa shape index (κ2) is 10.8. The van der Waals surface area contributed by atoms with Crippen LogP contribution in [0.5, 0.6) is 11.5 Å². The maximum atomic E-state index is 13.1. The summed E-state index contributed by atoms with van der Waals surface area (Å²) in [7, 11) is 0. The zero-order chi connectivity index (χ0) is 21.3. The Kier molecular flexibility index (Phi) is 7.37. The Balaban J connectivity index is 1.50. The summed E-state index contributed by atoms with van der Waals surface area (Å²) in [5, 5.41) is 0. The molecular formula is C25H27NO5. The number of nitrogens with zero attached hydrogens (tertiary/aromatic N) is 1. The van der Waals surface area contributed by atoms with Crippen molar-refractivity contribution in [3.8, 4) is 11.5 Å². The van der Waals surface area contributed by atoms with Crippen LogP contribution in [0.1, 0.15) is 16.8 Å². The first-order chi connectivity index (χ1) is 15.3. The van der Waals surface area contributed by atoms with Crippen molar-refractivity contribution in [1.82, 2.24) is 4.57 Å². The Morgan fingerprint density at radius 2 is 1.35 bits per heavy atom. The van der Waals surface area contributed by atoms with Gasteiger partial charge in [0.05, 0.1) is 26.4 Å². The highest BCUT2D eigenvalue weighted by atomic mass is 16.6. The van der Waals surface area contributed by atoms with Gasteiger partial charge in [-0.15, -0.1) is 0 Å². The molecule has 3 aromatic rings. The van der Waals surface area contributed by atoms with E-state index in [1.165, 1.54) is 5.56 Å². The number of aryl methyl sites for hydroxylation is 1. The number of para-hydroxylation sites is 2. The highest BCUT2D eigenvalue weighted by Gasteiger charge is 2.11. The van der Waals surface area contributed by atoms with Crippen LogP contribution in [0.15, 0.2) is 71.5 Å². The van der Waals surface area contributed by atoms with Gasteiger partial charge in [0.15, 0.2) is 11.5 Å². The second-order valence-corrected chi connectivity index (χ2v) is 7.29. The summed E-state index contributed by atoms with van der Waals surface area (Å²) in [5.74, 6) is 1.35. The van der Waals surface area contributed by atoms with Gasteiger partial charge < -0.3 is 23.5 Å². The van der Waals surface area contributed by atoms with Crippen LogP contribution in [0.4, 0.5) is 0 Å². The molecule has 5 rings (SSSR count). The molecule has 0 amide bonds. The summed E-state index contributed by atoms with van der Waals surface area (Å²) in [4.78, 5) is 13.1. The van der Waals surface area contributed by atoms with Crippen molar-refractivity contribution in [2.24, 2.45) is 0 Å². The van der Waals surface area contributed by atoms with E-state index in [9.17, 15) is 4.79 Å². The lowest BCUT2D eigenvalue weighted by Gasteiger charge is -2.17. The Hall–Kier alpha value is -3.09. The molecule has 6 nitrogen and oxygen atoms in total. The molecule has 162 valence electrons. The normalized spacial score (nSPS) is 15.0. The molecule has 2 aromatic carbocycles. The van der Waals surface area contributed by atoms with Gasteiger partial charge in [-0.25, -0.2) is 0 Å². The maximum absolute atomic E-state index is 13.1. The highest BCUT2D eigenvalue weighted by Crippen LogP contribution is 2.26. The van der Waals surface area contributed by atoms with Gasteiger partial charge in [0.25, 0.3) is 5.56 Å². The number of hydrogen-bond acceptors (Lipinski definition) is 5. The molecule has 2 aliphatic rings. The number of fused-ring (bicyclic) bond motifs is 10. The van der Waals surface area contributed by atoms with Crippen molar-refractivity contribution >= 4 is 0 Å². The molecule has 2 aliphatic heterocycles. The van der Waals surface area contributed by atoms with Crippen molar-refractivity contribution in [2.75, 3.05) is 26.4 Å². The molecule has 3 heterocycles. The van der Waals surface area contributed by atoms with Crippen LogP contribution in [-0.2, 0) is 35.7 Å². The molecule has 0 aliphatic carbocycles. The topological polar surface area (TPSA) is 58.9 Å². The van der Waals surface area contributed by atoms with E-state index in [0.29, 0.717) is 56.6 Å². The first kappa shape index (κ1) is 21.2. The monoisotopic (exact) mass is 421 g/mol. The van der Waals surface area contributed by atoms with Crippen molar-refractivity contribution in [2.45, 2.75) is 26.2 Å². The number of hydrogen-bond donors (Lipinski definition) is 0. The molecule has 0 unspecified atom stereocenters. The SMILES string of the molecule is O=c1c2ccc(n1CCc1ccccc1)COCCOc1ccccc1OCCOC2. The lowest BCUT2D eigenvalue weighted by molar-refractivity contribution is 0.0753. The molecule has 0 spiro atoms. The lowest BCUT2D eigenvalue weighted by atomic mass is 10.1. The third-order valence-corrected chi connectivity index (χ3v) is 5.14. The summed E-state index contributed by atoms with van der Waals surface area (Å²) >= 11 is 0. The zero-order valence-corrected chi connectivity index (χ0v) is 17.5. The second-order valence-electron chi connectivity index (χ2n) is 7.29. The van der Waals surface area contributed by atoms with Crippen LogP contribution >= 0.6 is 0 Å². The highest BCUT2D eigenvalue weighted by molar-refractivity contribution is 5.39. The first-order valence-electron chi connectivity index (χ1n) is 10.6. The van der Waals surface area contributed by atoms with Crippen LogP contribution in [0.25, 0.3) is 0 Å². The van der Waals surface area contributed by atoms with Crippen molar-refractivity contribution in [3.05, 3.63) is 93.9 Å². The predicted molar refractivity (Wildman–Crippen MR) is 118 cm³/mol. The van der Waals surface area contributed by atoms with Gasteiger partial charge in [-0.1, -0.05) is 42.5 Å². The minimum Gasteiger partial charge on any atom is -0.487 e. The Bertz CT molecular complexity index is 1030. The maximum Gasteiger partial charge on any atom is 0.256 e. The summed E-state index contributed by atoms with van der Waals surface area (Å²) in [5.41, 5.74) is 2.63. The fourth-order valence-corrected chi connectivity index (χ4v) is 3.50. The van der Waals surface area contributed by atoms with Crippen LogP contribution in [0, 0.1) is 0 Å². The van der Waals surface area contributed by atoms with Gasteiger partial charge in [-0.3, -0.25) is 4.79 Å². The van der Waals surface area contributed by atoms with E-state index in [-0.39, 0.29) is 12.2 Å². The Labute approximate surface area is 182 Å². The van der Waals surface area contributed by atoms with Crippen LogP contribution in [0.3, 0.4) is 0 Å². The summed E-state index contributed by atoms with van der Waals surface area (Å²) in [6.07, 6.45) is 0.770. The largest absolute Gasteiger partial charge is 0.487 e. The van der Waals surface area contributed by atoms with Gasteiger partial charge in [0.1, 0.15) is 13.2 Å². The van der Waals surface area contributed by atoms with Crippen molar-refractivity contribution in [3.63, 3.8) is 0 Å². The van der Waals surface area contributed by atoms with E-state index in [1.54, 1.807) is 4.57 Å². The number of aromatic nitrogens is 1. The smallest absolute Gasteiger partial charge is 0.256 e. The predicted octanol–water partition coefficient (Wildman–Crippen LogP) is 3.60. The number of benzene rings is 2. The number of ether oxygens (including phenoxy) is 4. The zero-order valence-electron chi connectivity index (χ0n) is 17.5. The average Bonchev–Trinajstić information content (AvgIpc) is 2.80. The van der Waals surface area contributed by atoms with Gasteiger partial charge in [0, 0.05) is 17.8 Å². The first-order valence-corrected chi connectivity index (χ1v) is 10.6. The molecule has 2 bridgehead atoms. The lowest BCUT2D eigenvalue weighted by Crippen LogP contribution is -2.28. The molecule has 1 aromatic heterocycles. The summed E-state index contributed by atoms with van der Waals surface area (Å²) < 4.78 is 24.9. The minimum atomic E-state index is -0.0355. The summed E-state index contributed by atoms with van der Waals surface area (Å²) in [6, 6.07) is 21.5. The molecule has 0 atom stereocenters. The molecular weight excluding hydrogens is 394 g/mol. The third kappa shape index (κ3) is 5.75.